The number of nitrogens with one attached hydrogen (secondary N) is 1. The van der Waals surface area contributed by atoms with E-state index < -0.39 is 5.92 Å². The minimum atomic E-state index is -0.605. The van der Waals surface area contributed by atoms with Gasteiger partial charge in [0.1, 0.15) is 6.33 Å². The fourth-order valence-corrected chi connectivity index (χ4v) is 1.52. The molecule has 0 bridgehead atoms. The molecule has 0 aliphatic carbocycles. The molecule has 1 aromatic heterocycles. The summed E-state index contributed by atoms with van der Waals surface area (Å²) in [6.45, 7) is 2.21. The Morgan fingerprint density at radius 2 is 2.44 bits per heavy atom. The van der Waals surface area contributed by atoms with Gasteiger partial charge in [-0.05, 0) is 6.42 Å². The summed E-state index contributed by atoms with van der Waals surface area (Å²) in [5, 5.41) is 18.2. The van der Waals surface area contributed by atoms with E-state index in [1.165, 1.54) is 0 Å². The first-order valence-electron chi connectivity index (χ1n) is 5.68. The second-order valence-electron chi connectivity index (χ2n) is 3.86. The van der Waals surface area contributed by atoms with E-state index >= 15 is 0 Å². The molecule has 0 radical (unpaired) electrons. The third-order valence-electron chi connectivity index (χ3n) is 2.49. The van der Waals surface area contributed by atoms with Crippen LogP contribution in [0.3, 0.4) is 0 Å². The predicted molar refractivity (Wildman–Crippen MR) is 64.9 cm³/mol. The zero-order valence-corrected chi connectivity index (χ0v) is 10.5. The Morgan fingerprint density at radius 3 is 2.94 bits per heavy atom. The second-order valence-corrected chi connectivity index (χ2v) is 3.86. The summed E-state index contributed by atoms with van der Waals surface area (Å²) in [7, 11) is 1.78. The maximum atomic E-state index is 11.7. The van der Waals surface area contributed by atoms with Crippen LogP contribution in [-0.2, 0) is 18.3 Å². The number of carbonyl (C=O) groups excluding carboxylic acids is 1. The molecule has 0 spiro atoms. The van der Waals surface area contributed by atoms with Crippen LogP contribution in [0, 0.1) is 5.92 Å². The molecule has 0 saturated heterocycles. The summed E-state index contributed by atoms with van der Waals surface area (Å²) in [6.07, 6.45) is 2.62. The molecule has 1 heterocycles. The maximum Gasteiger partial charge on any atom is 0.230 e. The zero-order chi connectivity index (χ0) is 13.5. The summed E-state index contributed by atoms with van der Waals surface area (Å²) in [5.74, 6) is -0.281. The number of aryl methyl sites for hydroxylation is 1. The van der Waals surface area contributed by atoms with E-state index in [0.717, 1.165) is 0 Å². The SMILES string of the molecule is CCC(C(=O)NCCc1ncn(C)n1)C(N)=NO. The van der Waals surface area contributed by atoms with Crippen molar-refractivity contribution in [3.05, 3.63) is 12.2 Å². The maximum absolute atomic E-state index is 11.7. The molecule has 18 heavy (non-hydrogen) atoms. The predicted octanol–water partition coefficient (Wildman–Crippen LogP) is -0.754. The fraction of sp³-hybridized carbons (Fsp3) is 0.600. The highest BCUT2D eigenvalue weighted by atomic mass is 16.4. The lowest BCUT2D eigenvalue weighted by atomic mass is 10.0. The standard InChI is InChI=1S/C10H18N6O2/c1-3-7(9(11)15-18)10(17)12-5-4-8-13-6-16(2)14-8/h6-7,18H,3-5H2,1-2H3,(H2,11,15)(H,12,17). The van der Waals surface area contributed by atoms with E-state index in [-0.39, 0.29) is 11.7 Å². The van der Waals surface area contributed by atoms with Gasteiger partial charge in [-0.3, -0.25) is 9.48 Å². The highest BCUT2D eigenvalue weighted by Crippen LogP contribution is 2.02. The van der Waals surface area contributed by atoms with Gasteiger partial charge in [-0.1, -0.05) is 12.1 Å². The van der Waals surface area contributed by atoms with Crippen molar-refractivity contribution in [2.24, 2.45) is 23.9 Å². The van der Waals surface area contributed by atoms with Gasteiger partial charge in [0, 0.05) is 20.0 Å². The van der Waals surface area contributed by atoms with Crippen LogP contribution < -0.4 is 11.1 Å². The van der Waals surface area contributed by atoms with Crippen LogP contribution in [0.5, 0.6) is 0 Å². The van der Waals surface area contributed by atoms with Gasteiger partial charge in [-0.2, -0.15) is 5.10 Å². The van der Waals surface area contributed by atoms with Crippen LogP contribution in [0.4, 0.5) is 0 Å². The van der Waals surface area contributed by atoms with Crippen LogP contribution in [0.15, 0.2) is 11.5 Å². The zero-order valence-electron chi connectivity index (χ0n) is 10.5. The Kier molecular flexibility index (Phi) is 5.09. The first-order valence-corrected chi connectivity index (χ1v) is 5.68. The summed E-state index contributed by atoms with van der Waals surface area (Å²) in [5.41, 5.74) is 5.43. The van der Waals surface area contributed by atoms with Gasteiger partial charge in [0.25, 0.3) is 0 Å². The first-order chi connectivity index (χ1) is 8.58. The van der Waals surface area contributed by atoms with Gasteiger partial charge < -0.3 is 16.3 Å². The number of amides is 1. The van der Waals surface area contributed by atoms with Gasteiger partial charge >= 0.3 is 0 Å². The van der Waals surface area contributed by atoms with E-state index in [1.54, 1.807) is 25.0 Å². The van der Waals surface area contributed by atoms with E-state index in [1.807, 2.05) is 0 Å². The monoisotopic (exact) mass is 254 g/mol. The molecule has 0 fully saturated rings. The molecule has 8 nitrogen and oxygen atoms in total. The Labute approximate surface area is 105 Å². The van der Waals surface area contributed by atoms with E-state index in [4.69, 9.17) is 10.9 Å². The molecule has 1 rings (SSSR count). The summed E-state index contributed by atoms with van der Waals surface area (Å²) >= 11 is 0. The molecule has 100 valence electrons. The average Bonchev–Trinajstić information content (AvgIpc) is 2.75. The van der Waals surface area contributed by atoms with Crippen molar-refractivity contribution in [2.75, 3.05) is 6.54 Å². The topological polar surface area (TPSA) is 118 Å². The summed E-state index contributed by atoms with van der Waals surface area (Å²) in [4.78, 5) is 15.8. The van der Waals surface area contributed by atoms with Crippen molar-refractivity contribution < 1.29 is 10.0 Å². The van der Waals surface area contributed by atoms with Gasteiger partial charge in [-0.15, -0.1) is 0 Å². The van der Waals surface area contributed by atoms with Crippen molar-refractivity contribution in [3.8, 4) is 0 Å². The number of oxime groups is 1. The van der Waals surface area contributed by atoms with E-state index in [9.17, 15) is 4.79 Å². The largest absolute Gasteiger partial charge is 0.409 e. The molecule has 0 saturated carbocycles. The average molecular weight is 254 g/mol. The van der Waals surface area contributed by atoms with Crippen molar-refractivity contribution in [2.45, 2.75) is 19.8 Å². The molecular weight excluding hydrogens is 236 g/mol. The van der Waals surface area contributed by atoms with Crippen LogP contribution >= 0.6 is 0 Å². The Morgan fingerprint density at radius 1 is 1.72 bits per heavy atom. The number of carbonyl (C=O) groups is 1. The van der Waals surface area contributed by atoms with Crippen molar-refractivity contribution in [3.63, 3.8) is 0 Å². The van der Waals surface area contributed by atoms with Crippen molar-refractivity contribution in [1.82, 2.24) is 20.1 Å². The van der Waals surface area contributed by atoms with Crippen LogP contribution in [0.1, 0.15) is 19.2 Å². The molecule has 1 aromatic rings. The first kappa shape index (κ1) is 13.9. The van der Waals surface area contributed by atoms with Crippen molar-refractivity contribution >= 4 is 11.7 Å². The fourth-order valence-electron chi connectivity index (χ4n) is 1.52. The lowest BCUT2D eigenvalue weighted by molar-refractivity contribution is -0.123. The Hall–Kier alpha value is -2.12. The van der Waals surface area contributed by atoms with Crippen LogP contribution in [-0.4, -0.2) is 38.3 Å². The molecule has 1 unspecified atom stereocenters. The lowest BCUT2D eigenvalue weighted by Crippen LogP contribution is -2.39. The number of amidine groups is 1. The summed E-state index contributed by atoms with van der Waals surface area (Å²) < 4.78 is 1.60. The number of nitrogens with two attached hydrogens (primary N) is 1. The third-order valence-corrected chi connectivity index (χ3v) is 2.49. The minimum Gasteiger partial charge on any atom is -0.409 e. The summed E-state index contributed by atoms with van der Waals surface area (Å²) in [6, 6.07) is 0. The molecular formula is C10H18N6O2. The molecule has 1 amide bonds. The van der Waals surface area contributed by atoms with Crippen LogP contribution in [0.2, 0.25) is 0 Å². The number of hydrogen-bond acceptors (Lipinski definition) is 5. The van der Waals surface area contributed by atoms with Crippen LogP contribution in [0.25, 0.3) is 0 Å². The molecule has 0 aromatic carbocycles. The Bertz CT molecular complexity index is 428. The minimum absolute atomic E-state index is 0.0778. The van der Waals surface area contributed by atoms with Gasteiger partial charge in [0.05, 0.1) is 5.92 Å². The number of hydrogen-bond donors (Lipinski definition) is 3. The van der Waals surface area contributed by atoms with Gasteiger partial charge in [-0.25, -0.2) is 4.98 Å². The smallest absolute Gasteiger partial charge is 0.230 e. The van der Waals surface area contributed by atoms with Crippen molar-refractivity contribution in [1.29, 1.82) is 0 Å². The highest BCUT2D eigenvalue weighted by Gasteiger charge is 2.20. The molecule has 0 aliphatic heterocycles. The quantitative estimate of drug-likeness (QED) is 0.267. The molecule has 0 aliphatic rings. The number of aromatic nitrogens is 3. The Balaban J connectivity index is 2.40. The van der Waals surface area contributed by atoms with E-state index in [0.29, 0.717) is 25.2 Å². The number of nitrogens with zero attached hydrogens (tertiary/aromatic N) is 4. The molecule has 8 heteroatoms. The highest BCUT2D eigenvalue weighted by molar-refractivity contribution is 6.01. The third kappa shape index (κ3) is 3.72. The molecule has 1 atom stereocenters. The molecule has 4 N–H and O–H groups in total. The normalized spacial score (nSPS) is 13.3. The van der Waals surface area contributed by atoms with Gasteiger partial charge in [0.15, 0.2) is 11.7 Å². The second kappa shape index (κ2) is 6.58. The van der Waals surface area contributed by atoms with Gasteiger partial charge in [0.2, 0.25) is 5.91 Å². The lowest BCUT2D eigenvalue weighted by Gasteiger charge is -2.12. The number of rotatable bonds is 6. The van der Waals surface area contributed by atoms with E-state index in [2.05, 4.69) is 20.6 Å².